The average molecular weight is 236 g/mol. The van der Waals surface area contributed by atoms with E-state index in [9.17, 15) is 5.11 Å². The molecule has 1 unspecified atom stereocenters. The van der Waals surface area contributed by atoms with E-state index in [1.807, 2.05) is 19.3 Å². The summed E-state index contributed by atoms with van der Waals surface area (Å²) in [5, 5.41) is 14.4. The van der Waals surface area contributed by atoms with Gasteiger partial charge < -0.3 is 5.11 Å². The van der Waals surface area contributed by atoms with Crippen LogP contribution in [0.5, 0.6) is 0 Å². The third kappa shape index (κ3) is 4.15. The first-order valence-corrected chi connectivity index (χ1v) is 6.90. The van der Waals surface area contributed by atoms with E-state index < -0.39 is 0 Å². The molecule has 1 aliphatic carbocycles. The molecule has 1 saturated carbocycles. The van der Waals surface area contributed by atoms with Crippen molar-refractivity contribution in [1.29, 1.82) is 0 Å². The van der Waals surface area contributed by atoms with Gasteiger partial charge in [0, 0.05) is 19.7 Å². The molecule has 2 rings (SSSR count). The van der Waals surface area contributed by atoms with Gasteiger partial charge in [0.25, 0.3) is 0 Å². The summed E-state index contributed by atoms with van der Waals surface area (Å²) in [5.41, 5.74) is 1.01. The van der Waals surface area contributed by atoms with Gasteiger partial charge in [-0.05, 0) is 18.4 Å². The van der Waals surface area contributed by atoms with Crippen molar-refractivity contribution in [3.05, 3.63) is 18.0 Å². The highest BCUT2D eigenvalue weighted by molar-refractivity contribution is 5.00. The Bertz CT molecular complexity index is 327. The number of aliphatic hydroxyl groups excluding tert-OH is 1. The van der Waals surface area contributed by atoms with E-state index in [0.717, 1.165) is 18.0 Å². The molecule has 0 bridgehead atoms. The number of aryl methyl sites for hydroxylation is 1. The molecule has 1 fully saturated rings. The molecule has 0 aromatic carbocycles. The zero-order valence-corrected chi connectivity index (χ0v) is 10.8. The van der Waals surface area contributed by atoms with Crippen LogP contribution in [0.3, 0.4) is 0 Å². The quantitative estimate of drug-likeness (QED) is 0.816. The fraction of sp³-hybridized carbons (Fsp3) is 0.786. The third-order valence-corrected chi connectivity index (χ3v) is 3.79. The molecule has 0 radical (unpaired) electrons. The Kier molecular flexibility index (Phi) is 4.60. The van der Waals surface area contributed by atoms with Gasteiger partial charge in [0.05, 0.1) is 11.8 Å². The standard InChI is InChI=1S/C14H24N2O/c1-16-9-8-13(15-16)11-14(17)10-12-6-4-2-3-5-7-12/h8-9,12,14,17H,2-7,10-11H2,1H3. The molecule has 1 aromatic heterocycles. The Morgan fingerprint density at radius 3 is 2.65 bits per heavy atom. The van der Waals surface area contributed by atoms with Gasteiger partial charge in [-0.3, -0.25) is 4.68 Å². The molecule has 0 spiro atoms. The van der Waals surface area contributed by atoms with Gasteiger partial charge in [0.1, 0.15) is 0 Å². The van der Waals surface area contributed by atoms with Gasteiger partial charge in [0.15, 0.2) is 0 Å². The second-order valence-electron chi connectivity index (χ2n) is 5.43. The predicted octanol–water partition coefficient (Wildman–Crippen LogP) is 2.68. The highest BCUT2D eigenvalue weighted by Gasteiger charge is 2.17. The predicted molar refractivity (Wildman–Crippen MR) is 68.7 cm³/mol. The van der Waals surface area contributed by atoms with Crippen molar-refractivity contribution in [2.24, 2.45) is 13.0 Å². The SMILES string of the molecule is Cn1ccc(CC(O)CC2CCCCCC2)n1. The maximum Gasteiger partial charge on any atom is 0.0650 e. The Labute approximate surface area is 104 Å². The summed E-state index contributed by atoms with van der Waals surface area (Å²) in [4.78, 5) is 0. The van der Waals surface area contributed by atoms with Crippen LogP contribution in [0.25, 0.3) is 0 Å². The minimum Gasteiger partial charge on any atom is -0.393 e. The lowest BCUT2D eigenvalue weighted by molar-refractivity contribution is 0.136. The van der Waals surface area contributed by atoms with Crippen molar-refractivity contribution in [1.82, 2.24) is 9.78 Å². The molecule has 1 N–H and O–H groups in total. The summed E-state index contributed by atoms with van der Waals surface area (Å²) < 4.78 is 1.80. The fourth-order valence-corrected chi connectivity index (χ4v) is 2.88. The van der Waals surface area contributed by atoms with Gasteiger partial charge in [-0.25, -0.2) is 0 Å². The number of hydrogen-bond acceptors (Lipinski definition) is 2. The molecule has 1 aliphatic rings. The van der Waals surface area contributed by atoms with Crippen LogP contribution in [0.2, 0.25) is 0 Å². The van der Waals surface area contributed by atoms with Gasteiger partial charge in [-0.15, -0.1) is 0 Å². The monoisotopic (exact) mass is 236 g/mol. The van der Waals surface area contributed by atoms with E-state index in [0.29, 0.717) is 6.42 Å². The van der Waals surface area contributed by atoms with E-state index in [-0.39, 0.29) is 6.10 Å². The molecular weight excluding hydrogens is 212 g/mol. The number of aliphatic hydroxyl groups is 1. The Hall–Kier alpha value is -0.830. The lowest BCUT2D eigenvalue weighted by atomic mass is 9.92. The van der Waals surface area contributed by atoms with Gasteiger partial charge in [0.2, 0.25) is 0 Å². The number of hydrogen-bond donors (Lipinski definition) is 1. The lowest BCUT2D eigenvalue weighted by Gasteiger charge is -2.17. The highest BCUT2D eigenvalue weighted by Crippen LogP contribution is 2.27. The molecule has 1 atom stereocenters. The molecule has 96 valence electrons. The fourth-order valence-electron chi connectivity index (χ4n) is 2.88. The smallest absolute Gasteiger partial charge is 0.0650 e. The van der Waals surface area contributed by atoms with Crippen LogP contribution in [0.1, 0.15) is 50.6 Å². The van der Waals surface area contributed by atoms with Crippen LogP contribution >= 0.6 is 0 Å². The van der Waals surface area contributed by atoms with Crippen molar-refractivity contribution in [3.8, 4) is 0 Å². The van der Waals surface area contributed by atoms with E-state index in [1.165, 1.54) is 38.5 Å². The minimum atomic E-state index is -0.215. The first-order chi connectivity index (χ1) is 8.24. The Balaban J connectivity index is 1.77. The highest BCUT2D eigenvalue weighted by atomic mass is 16.3. The normalized spacial score (nSPS) is 20.1. The molecule has 1 heterocycles. The van der Waals surface area contributed by atoms with Crippen molar-refractivity contribution in [2.45, 2.75) is 57.5 Å². The number of rotatable bonds is 4. The lowest BCUT2D eigenvalue weighted by Crippen LogP contribution is -2.16. The van der Waals surface area contributed by atoms with Gasteiger partial charge >= 0.3 is 0 Å². The maximum absolute atomic E-state index is 10.1. The van der Waals surface area contributed by atoms with Crippen LogP contribution in [0.4, 0.5) is 0 Å². The largest absolute Gasteiger partial charge is 0.393 e. The number of nitrogens with zero attached hydrogens (tertiary/aromatic N) is 2. The van der Waals surface area contributed by atoms with E-state index in [1.54, 1.807) is 4.68 Å². The van der Waals surface area contributed by atoms with E-state index in [2.05, 4.69) is 5.10 Å². The molecule has 3 heteroatoms. The molecular formula is C14H24N2O. The summed E-state index contributed by atoms with van der Waals surface area (Å²) >= 11 is 0. The van der Waals surface area contributed by atoms with Gasteiger partial charge in [-0.2, -0.15) is 5.10 Å². The second-order valence-corrected chi connectivity index (χ2v) is 5.43. The molecule has 0 amide bonds. The topological polar surface area (TPSA) is 38.0 Å². The summed E-state index contributed by atoms with van der Waals surface area (Å²) in [6.07, 6.45) is 11.5. The van der Waals surface area contributed by atoms with Crippen LogP contribution in [0, 0.1) is 5.92 Å². The zero-order valence-electron chi connectivity index (χ0n) is 10.8. The van der Waals surface area contributed by atoms with Gasteiger partial charge in [-0.1, -0.05) is 38.5 Å². The average Bonchev–Trinajstić information content (AvgIpc) is 2.53. The van der Waals surface area contributed by atoms with Crippen LogP contribution < -0.4 is 0 Å². The van der Waals surface area contributed by atoms with Crippen molar-refractivity contribution < 1.29 is 5.11 Å². The summed E-state index contributed by atoms with van der Waals surface area (Å²) in [5.74, 6) is 0.733. The summed E-state index contributed by atoms with van der Waals surface area (Å²) in [6, 6.07) is 2.00. The first-order valence-electron chi connectivity index (χ1n) is 6.90. The van der Waals surface area contributed by atoms with Crippen LogP contribution in [-0.4, -0.2) is 21.0 Å². The molecule has 0 saturated heterocycles. The Morgan fingerprint density at radius 1 is 1.35 bits per heavy atom. The zero-order chi connectivity index (χ0) is 12.1. The van der Waals surface area contributed by atoms with Crippen LogP contribution in [0.15, 0.2) is 12.3 Å². The molecule has 17 heavy (non-hydrogen) atoms. The van der Waals surface area contributed by atoms with Crippen molar-refractivity contribution >= 4 is 0 Å². The van der Waals surface area contributed by atoms with E-state index >= 15 is 0 Å². The summed E-state index contributed by atoms with van der Waals surface area (Å²) in [6.45, 7) is 0. The van der Waals surface area contributed by atoms with Crippen molar-refractivity contribution in [2.75, 3.05) is 0 Å². The molecule has 3 nitrogen and oxygen atoms in total. The summed E-state index contributed by atoms with van der Waals surface area (Å²) in [7, 11) is 1.92. The number of aromatic nitrogens is 2. The third-order valence-electron chi connectivity index (χ3n) is 3.79. The Morgan fingerprint density at radius 2 is 2.06 bits per heavy atom. The minimum absolute atomic E-state index is 0.215. The molecule has 1 aromatic rings. The second kappa shape index (κ2) is 6.20. The van der Waals surface area contributed by atoms with E-state index in [4.69, 9.17) is 0 Å². The first kappa shape index (κ1) is 12.6. The molecule has 0 aliphatic heterocycles. The maximum atomic E-state index is 10.1. The van der Waals surface area contributed by atoms with Crippen LogP contribution in [-0.2, 0) is 13.5 Å². The van der Waals surface area contributed by atoms with Crippen molar-refractivity contribution in [3.63, 3.8) is 0 Å².